The second-order valence-corrected chi connectivity index (χ2v) is 7.63. The zero-order valence-electron chi connectivity index (χ0n) is 13.6. The summed E-state index contributed by atoms with van der Waals surface area (Å²) in [5.74, 6) is -0.287. The van der Waals surface area contributed by atoms with E-state index in [0.29, 0.717) is 6.04 Å². The minimum atomic E-state index is -0.321. The van der Waals surface area contributed by atoms with Crippen molar-refractivity contribution in [2.45, 2.75) is 38.3 Å². The number of rotatable bonds is 4. The van der Waals surface area contributed by atoms with E-state index in [1.165, 1.54) is 0 Å². The average Bonchev–Trinajstić information content (AvgIpc) is 3.09. The van der Waals surface area contributed by atoms with Crippen molar-refractivity contribution in [1.82, 2.24) is 5.32 Å². The van der Waals surface area contributed by atoms with Gasteiger partial charge in [0.25, 0.3) is 0 Å². The van der Waals surface area contributed by atoms with Gasteiger partial charge in [0.05, 0.1) is 12.0 Å². The number of amides is 2. The van der Waals surface area contributed by atoms with Crippen LogP contribution in [0.4, 0.5) is 5.69 Å². The molecule has 124 valence electrons. The first-order chi connectivity index (χ1) is 11.6. The lowest BCUT2D eigenvalue weighted by molar-refractivity contribution is -0.126. The predicted octanol–water partition coefficient (Wildman–Crippen LogP) is 3.43. The molecule has 1 N–H and O–H groups in total. The summed E-state index contributed by atoms with van der Waals surface area (Å²) in [4.78, 5) is 28.3. The maximum atomic E-state index is 12.7. The highest BCUT2D eigenvalue weighted by Gasteiger charge is 2.46. The maximum Gasteiger partial charge on any atom is 0.228 e. The van der Waals surface area contributed by atoms with Gasteiger partial charge in [0.15, 0.2) is 0 Å². The Labute approximate surface area is 145 Å². The molecule has 2 heterocycles. The number of carbonyl (C=O) groups is 2. The highest BCUT2D eigenvalue weighted by molar-refractivity contribution is 7.10. The molecule has 1 aliphatic carbocycles. The number of nitrogens with one attached hydrogen (secondary N) is 1. The SMILES string of the molecule is Cc1ccc(N2C(=O)C[C@@H](C(=O)NC3CC3)[C@H]2c2cccs2)cc1. The van der Waals surface area contributed by atoms with E-state index < -0.39 is 0 Å². The van der Waals surface area contributed by atoms with Gasteiger partial charge < -0.3 is 10.2 Å². The summed E-state index contributed by atoms with van der Waals surface area (Å²) in [5.41, 5.74) is 2.02. The highest BCUT2D eigenvalue weighted by atomic mass is 32.1. The molecule has 2 fully saturated rings. The van der Waals surface area contributed by atoms with Gasteiger partial charge in [-0.3, -0.25) is 9.59 Å². The molecule has 0 unspecified atom stereocenters. The summed E-state index contributed by atoms with van der Waals surface area (Å²) in [6.45, 7) is 2.03. The van der Waals surface area contributed by atoms with Gasteiger partial charge >= 0.3 is 0 Å². The zero-order valence-corrected chi connectivity index (χ0v) is 14.4. The van der Waals surface area contributed by atoms with Crippen LogP contribution in [-0.2, 0) is 9.59 Å². The van der Waals surface area contributed by atoms with E-state index in [-0.39, 0.29) is 30.2 Å². The Morgan fingerprint density at radius 2 is 1.96 bits per heavy atom. The van der Waals surface area contributed by atoms with Crippen LogP contribution in [0.1, 0.15) is 35.7 Å². The van der Waals surface area contributed by atoms with Crippen LogP contribution < -0.4 is 10.2 Å². The van der Waals surface area contributed by atoms with Gasteiger partial charge in [0, 0.05) is 23.0 Å². The van der Waals surface area contributed by atoms with Crippen LogP contribution in [0, 0.1) is 12.8 Å². The van der Waals surface area contributed by atoms with Crippen molar-refractivity contribution in [3.8, 4) is 0 Å². The molecular formula is C19H20N2O2S. The molecule has 4 rings (SSSR count). The molecule has 2 aliphatic rings. The van der Waals surface area contributed by atoms with Gasteiger partial charge in [-0.25, -0.2) is 0 Å². The molecule has 4 nitrogen and oxygen atoms in total. The minimum Gasteiger partial charge on any atom is -0.353 e. The summed E-state index contributed by atoms with van der Waals surface area (Å²) < 4.78 is 0. The molecule has 2 aromatic rings. The second-order valence-electron chi connectivity index (χ2n) is 6.65. The fourth-order valence-electron chi connectivity index (χ4n) is 3.30. The van der Waals surface area contributed by atoms with Crippen molar-refractivity contribution < 1.29 is 9.59 Å². The van der Waals surface area contributed by atoms with Gasteiger partial charge in [0.1, 0.15) is 0 Å². The zero-order chi connectivity index (χ0) is 16.7. The quantitative estimate of drug-likeness (QED) is 0.927. The lowest BCUT2D eigenvalue weighted by atomic mass is 9.97. The van der Waals surface area contributed by atoms with E-state index >= 15 is 0 Å². The summed E-state index contributed by atoms with van der Waals surface area (Å²) in [7, 11) is 0. The number of thiophene rings is 1. The first-order valence-corrected chi connectivity index (χ1v) is 9.24. The number of carbonyl (C=O) groups excluding carboxylic acids is 2. The van der Waals surface area contributed by atoms with Crippen LogP contribution in [0.5, 0.6) is 0 Å². The molecule has 24 heavy (non-hydrogen) atoms. The highest BCUT2D eigenvalue weighted by Crippen LogP contribution is 2.43. The number of nitrogens with zero attached hydrogens (tertiary/aromatic N) is 1. The van der Waals surface area contributed by atoms with E-state index in [2.05, 4.69) is 5.32 Å². The molecule has 2 amide bonds. The third-order valence-corrected chi connectivity index (χ3v) is 5.67. The topological polar surface area (TPSA) is 49.4 Å². The van der Waals surface area contributed by atoms with Crippen molar-refractivity contribution >= 4 is 28.8 Å². The molecule has 1 aliphatic heterocycles. The van der Waals surface area contributed by atoms with Crippen molar-refractivity contribution in [2.75, 3.05) is 4.90 Å². The molecule has 1 aromatic carbocycles. The van der Waals surface area contributed by atoms with E-state index in [1.807, 2.05) is 53.6 Å². The Bertz CT molecular complexity index is 750. The van der Waals surface area contributed by atoms with Crippen molar-refractivity contribution in [2.24, 2.45) is 5.92 Å². The fourth-order valence-corrected chi connectivity index (χ4v) is 4.18. The molecule has 2 atom stereocenters. The summed E-state index contributed by atoms with van der Waals surface area (Å²) in [6.07, 6.45) is 2.38. The number of hydrogen-bond acceptors (Lipinski definition) is 3. The molecule has 1 aromatic heterocycles. The lowest BCUT2D eigenvalue weighted by Crippen LogP contribution is -2.36. The van der Waals surface area contributed by atoms with E-state index in [9.17, 15) is 9.59 Å². The number of anilines is 1. The summed E-state index contributed by atoms with van der Waals surface area (Å²) in [5, 5.41) is 5.08. The van der Waals surface area contributed by atoms with E-state index in [1.54, 1.807) is 11.3 Å². The Morgan fingerprint density at radius 1 is 1.21 bits per heavy atom. The number of benzene rings is 1. The van der Waals surface area contributed by atoms with Gasteiger partial charge in [-0.1, -0.05) is 23.8 Å². The number of aryl methyl sites for hydroxylation is 1. The Hall–Kier alpha value is -2.14. The van der Waals surface area contributed by atoms with Gasteiger partial charge in [-0.2, -0.15) is 0 Å². The van der Waals surface area contributed by atoms with Crippen LogP contribution in [0.25, 0.3) is 0 Å². The summed E-state index contributed by atoms with van der Waals surface area (Å²) >= 11 is 1.61. The van der Waals surface area contributed by atoms with Crippen LogP contribution in [-0.4, -0.2) is 17.9 Å². The monoisotopic (exact) mass is 340 g/mol. The molecule has 0 radical (unpaired) electrons. The average molecular weight is 340 g/mol. The molecule has 0 spiro atoms. The van der Waals surface area contributed by atoms with Crippen LogP contribution >= 0.6 is 11.3 Å². The third kappa shape index (κ3) is 2.84. The third-order valence-electron chi connectivity index (χ3n) is 4.73. The largest absolute Gasteiger partial charge is 0.353 e. The predicted molar refractivity (Wildman–Crippen MR) is 95.0 cm³/mol. The van der Waals surface area contributed by atoms with Crippen molar-refractivity contribution in [3.63, 3.8) is 0 Å². The Kier molecular flexibility index (Phi) is 3.88. The second kappa shape index (κ2) is 6.06. The standard InChI is InChI=1S/C19H20N2O2S/c1-12-4-8-14(9-5-12)21-17(22)11-15(19(23)20-13-6-7-13)18(21)16-3-2-10-24-16/h2-5,8-10,13,15,18H,6-7,11H2,1H3,(H,20,23)/t15-,18+/m1/s1. The normalized spacial score (nSPS) is 23.5. The van der Waals surface area contributed by atoms with Crippen LogP contribution in [0.2, 0.25) is 0 Å². The maximum absolute atomic E-state index is 12.7. The first-order valence-electron chi connectivity index (χ1n) is 8.36. The van der Waals surface area contributed by atoms with E-state index in [4.69, 9.17) is 0 Å². The molecular weight excluding hydrogens is 320 g/mol. The minimum absolute atomic E-state index is 0.0128. The Balaban J connectivity index is 1.69. The van der Waals surface area contributed by atoms with Gasteiger partial charge in [-0.15, -0.1) is 11.3 Å². The summed E-state index contributed by atoms with van der Waals surface area (Å²) in [6, 6.07) is 12.0. The van der Waals surface area contributed by atoms with Crippen LogP contribution in [0.15, 0.2) is 41.8 Å². The van der Waals surface area contributed by atoms with Gasteiger partial charge in [-0.05, 0) is 43.3 Å². The molecule has 1 saturated carbocycles. The van der Waals surface area contributed by atoms with Crippen molar-refractivity contribution in [1.29, 1.82) is 0 Å². The smallest absolute Gasteiger partial charge is 0.228 e. The van der Waals surface area contributed by atoms with E-state index in [0.717, 1.165) is 29.0 Å². The van der Waals surface area contributed by atoms with Crippen LogP contribution in [0.3, 0.4) is 0 Å². The molecule has 0 bridgehead atoms. The number of hydrogen-bond donors (Lipinski definition) is 1. The fraction of sp³-hybridized carbons (Fsp3) is 0.368. The molecule has 1 saturated heterocycles. The molecule has 5 heteroatoms. The Morgan fingerprint density at radius 3 is 2.58 bits per heavy atom. The van der Waals surface area contributed by atoms with Gasteiger partial charge in [0.2, 0.25) is 11.8 Å². The lowest BCUT2D eigenvalue weighted by Gasteiger charge is -2.27. The van der Waals surface area contributed by atoms with Crippen molar-refractivity contribution in [3.05, 3.63) is 52.2 Å². The first kappa shape index (κ1) is 15.4.